The number of rotatable bonds is 15. The zero-order valence-electron chi connectivity index (χ0n) is 47.4. The van der Waals surface area contributed by atoms with Crippen LogP contribution in [-0.2, 0) is 70.4 Å². The van der Waals surface area contributed by atoms with Crippen molar-refractivity contribution < 1.29 is 75.5 Å². The SMILES string of the molecule is CC[C@H]1OC(=O)[C@H](C)[C@@H](O[C@H]2C[C@](C)(OC)[C@@H](O[Si](C)(C)C)[C@H](C)O2)[C@H](C)[C@@H](O[C@@H]2O[C@H](C)[C@@H](OC(C)=O)C(N(C)C)[C@H]2OC(C)=O)[C@](C)(O)C[C@@H](C)C(=O)[C@H](C)[C@@H](O[Si](C)(C)C)[C@]1(C)O[Si](C)(C)C. The molecular weight excluding hydrogens is 955 g/mol. The monoisotopic (exact) mass is 1050 g/mol. The van der Waals surface area contributed by atoms with Crippen molar-refractivity contribution >= 4 is 48.6 Å². The number of likely N-dealkylation sites (N-methyl/N-ethyl adjacent to an activating group) is 1. The van der Waals surface area contributed by atoms with Crippen LogP contribution in [0.25, 0.3) is 0 Å². The first-order valence-electron chi connectivity index (χ1n) is 25.4. The fourth-order valence-electron chi connectivity index (χ4n) is 11.1. The van der Waals surface area contributed by atoms with Crippen molar-refractivity contribution in [1.82, 2.24) is 4.90 Å². The third kappa shape index (κ3) is 15.9. The first-order chi connectivity index (χ1) is 31.7. The minimum atomic E-state index is -2.46. The summed E-state index contributed by atoms with van der Waals surface area (Å²) < 4.78 is 72.8. The molecule has 17 nitrogen and oxygen atoms in total. The fraction of sp³-hybridized carbons (Fsp3) is 0.920. The Morgan fingerprint density at radius 2 is 1.24 bits per heavy atom. The highest BCUT2D eigenvalue weighted by atomic mass is 28.4. The number of methoxy groups -OCH3 is 1. The Morgan fingerprint density at radius 1 is 0.714 bits per heavy atom. The van der Waals surface area contributed by atoms with Gasteiger partial charge in [0.15, 0.2) is 43.6 Å². The molecule has 0 spiro atoms. The molecule has 19 atom stereocenters. The minimum absolute atomic E-state index is 0.110. The minimum Gasteiger partial charge on any atom is -0.459 e. The van der Waals surface area contributed by atoms with E-state index in [0.717, 1.165) is 0 Å². The highest BCUT2D eigenvalue weighted by Crippen LogP contribution is 2.44. The Kier molecular flexibility index (Phi) is 21.4. The lowest BCUT2D eigenvalue weighted by Crippen LogP contribution is -2.66. The molecule has 1 N–H and O–H groups in total. The van der Waals surface area contributed by atoms with Gasteiger partial charge in [0.25, 0.3) is 0 Å². The summed E-state index contributed by atoms with van der Waals surface area (Å²) >= 11 is 0. The highest BCUT2D eigenvalue weighted by molar-refractivity contribution is 6.70. The van der Waals surface area contributed by atoms with E-state index in [9.17, 15) is 14.7 Å². The molecule has 0 amide bonds. The normalized spacial score (nSPS) is 41.1. The Labute approximate surface area is 424 Å². The zero-order chi connectivity index (χ0) is 54.0. The number of aliphatic hydroxyl groups is 1. The van der Waals surface area contributed by atoms with Gasteiger partial charge in [-0.3, -0.25) is 24.1 Å². The molecule has 1 unspecified atom stereocenters. The molecular formula is C50H95NO16Si3. The number of esters is 3. The van der Waals surface area contributed by atoms with E-state index in [1.807, 2.05) is 54.3 Å². The predicted molar refractivity (Wildman–Crippen MR) is 273 cm³/mol. The third-order valence-corrected chi connectivity index (χ3v) is 16.9. The molecule has 0 bridgehead atoms. The molecule has 0 radical (unpaired) electrons. The highest BCUT2D eigenvalue weighted by Gasteiger charge is 2.58. The smallest absolute Gasteiger partial charge is 0.311 e. The van der Waals surface area contributed by atoms with E-state index < -0.39 is 157 Å². The first kappa shape index (κ1) is 62.6. The van der Waals surface area contributed by atoms with Crippen LogP contribution in [0.5, 0.6) is 0 Å². The van der Waals surface area contributed by atoms with E-state index in [0.29, 0.717) is 6.42 Å². The summed E-state index contributed by atoms with van der Waals surface area (Å²) in [5, 5.41) is 13.2. The summed E-state index contributed by atoms with van der Waals surface area (Å²) in [6, 6.07) is -0.764. The molecule has 3 saturated heterocycles. The maximum atomic E-state index is 15.2. The van der Waals surface area contributed by atoms with Crippen molar-refractivity contribution in [1.29, 1.82) is 0 Å². The van der Waals surface area contributed by atoms with Crippen molar-refractivity contribution in [2.75, 3.05) is 21.2 Å². The quantitative estimate of drug-likeness (QED) is 0.0963. The van der Waals surface area contributed by atoms with Gasteiger partial charge in [-0.15, -0.1) is 0 Å². The number of hydrogen-bond donors (Lipinski definition) is 1. The van der Waals surface area contributed by atoms with Crippen molar-refractivity contribution in [2.24, 2.45) is 23.7 Å². The van der Waals surface area contributed by atoms with E-state index in [4.69, 9.17) is 51.2 Å². The second kappa shape index (κ2) is 23.9. The lowest BCUT2D eigenvalue weighted by atomic mass is 9.74. The van der Waals surface area contributed by atoms with Crippen LogP contribution < -0.4 is 0 Å². The maximum absolute atomic E-state index is 15.2. The lowest BCUT2D eigenvalue weighted by Gasteiger charge is -2.52. The molecule has 0 aromatic rings. The standard InChI is InChI=1S/C50H95NO16Si3/c1-25-36-50(12,67-70(22,23)24)44(65-68(16,17)18)29(3)39(54)28(2)26-48(10,56)43(64-47-42(61-35(9)53)38(51(13)14)41(32(6)59-47)60-34(8)52)30(4)40(31(5)46(55)62-36)63-37-27-49(11,57-15)45(33(7)58-37)66-69(19,20)21/h28-33,36-38,40-45,47,56H,25-27H2,1-24H3/t28-,29+,30+,31-,32-,33+,36-,37+,38?,40+,41-,42-,43-,44-,45+,47+,48-,49+,50-/m1/s1. The number of carbonyl (C=O) groups excluding carboxylic acids is 4. The molecule has 3 fully saturated rings. The van der Waals surface area contributed by atoms with Gasteiger partial charge in [0.1, 0.15) is 23.6 Å². The van der Waals surface area contributed by atoms with E-state index >= 15 is 9.59 Å². The van der Waals surface area contributed by atoms with Gasteiger partial charge in [0.05, 0.1) is 59.8 Å². The first-order valence-corrected chi connectivity index (χ1v) is 35.6. The van der Waals surface area contributed by atoms with E-state index in [-0.39, 0.29) is 18.6 Å². The third-order valence-electron chi connectivity index (χ3n) is 13.9. The van der Waals surface area contributed by atoms with Crippen LogP contribution in [0.2, 0.25) is 58.9 Å². The molecule has 0 aromatic carbocycles. The zero-order valence-corrected chi connectivity index (χ0v) is 50.4. The van der Waals surface area contributed by atoms with Crippen LogP contribution in [0.15, 0.2) is 0 Å². The van der Waals surface area contributed by atoms with Gasteiger partial charge in [-0.05, 0) is 127 Å². The van der Waals surface area contributed by atoms with Gasteiger partial charge in [0.2, 0.25) is 0 Å². The number of ketones is 1. The number of cyclic esters (lactones) is 1. The topological polar surface area (TPSA) is 193 Å². The van der Waals surface area contributed by atoms with Crippen LogP contribution in [-0.4, -0.2) is 170 Å². The number of Topliss-reactive ketones (excluding diaryl/α,β-unsaturated/α-hetero) is 1. The second-order valence-electron chi connectivity index (χ2n) is 24.3. The Bertz CT molecular complexity index is 1770. The fourth-order valence-corrected chi connectivity index (χ4v) is 15.0. The molecule has 3 aliphatic heterocycles. The summed E-state index contributed by atoms with van der Waals surface area (Å²) in [6.07, 6.45) is -9.76. The largest absolute Gasteiger partial charge is 0.459 e. The van der Waals surface area contributed by atoms with Crippen LogP contribution >= 0.6 is 0 Å². The van der Waals surface area contributed by atoms with Crippen molar-refractivity contribution in [3.63, 3.8) is 0 Å². The summed E-state index contributed by atoms with van der Waals surface area (Å²) in [4.78, 5) is 57.5. The Hall–Kier alpha value is -1.67. The average molecular weight is 1050 g/mol. The predicted octanol–water partition coefficient (Wildman–Crippen LogP) is 7.48. The van der Waals surface area contributed by atoms with Crippen LogP contribution in [0.3, 0.4) is 0 Å². The summed E-state index contributed by atoms with van der Waals surface area (Å²) in [7, 11) is -1.85. The molecule has 0 aliphatic carbocycles. The van der Waals surface area contributed by atoms with E-state index in [1.165, 1.54) is 13.8 Å². The average Bonchev–Trinajstić information content (AvgIpc) is 3.19. The second-order valence-corrected chi connectivity index (χ2v) is 37.6. The van der Waals surface area contributed by atoms with Gasteiger partial charge in [-0.1, -0.05) is 27.7 Å². The molecule has 0 aromatic heterocycles. The number of ether oxygens (including phenoxy) is 8. The Balaban J connectivity index is 2.41. The summed E-state index contributed by atoms with van der Waals surface area (Å²) in [5.41, 5.74) is -4.01. The van der Waals surface area contributed by atoms with Crippen LogP contribution in [0.4, 0.5) is 0 Å². The Morgan fingerprint density at radius 3 is 1.71 bits per heavy atom. The number of carbonyl (C=O) groups is 4. The molecule has 20 heteroatoms. The van der Waals surface area contributed by atoms with Gasteiger partial charge < -0.3 is 56.3 Å². The van der Waals surface area contributed by atoms with Gasteiger partial charge in [-0.2, -0.15) is 0 Å². The van der Waals surface area contributed by atoms with Crippen LogP contribution in [0, 0.1) is 23.7 Å². The molecule has 408 valence electrons. The molecule has 3 rings (SSSR count). The summed E-state index contributed by atoms with van der Waals surface area (Å²) in [5.74, 6) is -5.49. The number of hydrogen-bond acceptors (Lipinski definition) is 17. The van der Waals surface area contributed by atoms with Gasteiger partial charge in [-0.25, -0.2) is 0 Å². The maximum Gasteiger partial charge on any atom is 0.311 e. The van der Waals surface area contributed by atoms with Gasteiger partial charge >= 0.3 is 17.9 Å². The van der Waals surface area contributed by atoms with Crippen molar-refractivity contribution in [3.05, 3.63) is 0 Å². The number of nitrogens with zero attached hydrogens (tertiary/aromatic N) is 1. The van der Waals surface area contributed by atoms with E-state index in [2.05, 4.69) is 39.3 Å². The molecule has 70 heavy (non-hydrogen) atoms. The van der Waals surface area contributed by atoms with Crippen molar-refractivity contribution in [2.45, 2.75) is 252 Å². The summed E-state index contributed by atoms with van der Waals surface area (Å²) in [6.45, 7) is 39.3. The van der Waals surface area contributed by atoms with Crippen molar-refractivity contribution in [3.8, 4) is 0 Å². The van der Waals surface area contributed by atoms with Gasteiger partial charge in [0, 0.05) is 45.1 Å². The molecule has 3 aliphatic rings. The van der Waals surface area contributed by atoms with Crippen LogP contribution in [0.1, 0.15) is 102 Å². The molecule has 0 saturated carbocycles. The molecule has 3 heterocycles. The lowest BCUT2D eigenvalue weighted by molar-refractivity contribution is -0.328. The van der Waals surface area contributed by atoms with E-state index in [1.54, 1.807) is 60.7 Å².